The van der Waals surface area contributed by atoms with Gasteiger partial charge < -0.3 is 40.3 Å². The topological polar surface area (TPSA) is 285 Å². The quantitative estimate of drug-likeness (QED) is 0.208. The normalized spacial score (nSPS) is 29.4. The van der Waals surface area contributed by atoms with E-state index in [2.05, 4.69) is 23.1 Å². The van der Waals surface area contributed by atoms with Gasteiger partial charge in [-0.05, 0) is 5.38 Å². The first kappa shape index (κ1) is 26.2. The Morgan fingerprint density at radius 1 is 1.18 bits per heavy atom. The fourth-order valence-electron chi connectivity index (χ4n) is 2.87. The van der Waals surface area contributed by atoms with E-state index in [1.165, 1.54) is 11.4 Å². The molecule has 33 heavy (non-hydrogen) atoms. The summed E-state index contributed by atoms with van der Waals surface area (Å²) in [6.07, 6.45) is -4.03. The monoisotopic (exact) mass is 548 g/mol. The third kappa shape index (κ3) is 5.65. The van der Waals surface area contributed by atoms with E-state index in [0.29, 0.717) is 4.70 Å². The zero-order valence-electron chi connectivity index (χ0n) is 15.8. The molecular weight excluding hydrogens is 533 g/mol. The Morgan fingerprint density at radius 2 is 1.85 bits per heavy atom. The fourth-order valence-corrected chi connectivity index (χ4v) is 6.86. The molecule has 182 valence electrons. The summed E-state index contributed by atoms with van der Waals surface area (Å²) in [5.41, 5.74) is 3.74. The zero-order chi connectivity index (χ0) is 24.8. The lowest BCUT2D eigenvalue weighted by Crippen LogP contribution is -2.45. The van der Waals surface area contributed by atoms with Crippen molar-refractivity contribution in [3.05, 3.63) is 17.3 Å². The second-order valence-corrected chi connectivity index (χ2v) is 11.8. The van der Waals surface area contributed by atoms with Crippen molar-refractivity contribution in [1.29, 1.82) is 5.26 Å². The van der Waals surface area contributed by atoms with E-state index < -0.39 is 54.0 Å². The average Bonchev–Trinajstić information content (AvgIpc) is 3.19. The molecule has 2 aromatic rings. The highest BCUT2D eigenvalue weighted by Crippen LogP contribution is 2.66. The van der Waals surface area contributed by atoms with E-state index >= 15 is 0 Å². The minimum Gasteiger partial charge on any atom is -0.387 e. The first-order valence-electron chi connectivity index (χ1n) is 8.31. The molecule has 2 aromatic heterocycles. The molecule has 17 nitrogen and oxygen atoms in total. The number of thiophene rings is 1. The maximum Gasteiger partial charge on any atom is 0.490 e. The van der Waals surface area contributed by atoms with Crippen LogP contribution in [0.4, 0.5) is 5.82 Å². The summed E-state index contributed by atoms with van der Waals surface area (Å²) in [4.78, 5) is 43.7. The van der Waals surface area contributed by atoms with Crippen LogP contribution in [0.25, 0.3) is 10.2 Å². The molecule has 3 rings (SSSR count). The average molecular weight is 548 g/mol. The van der Waals surface area contributed by atoms with E-state index in [-0.39, 0.29) is 16.9 Å². The zero-order valence-corrected chi connectivity index (χ0v) is 19.3. The van der Waals surface area contributed by atoms with Crippen LogP contribution in [0.1, 0.15) is 11.7 Å². The van der Waals surface area contributed by atoms with Crippen LogP contribution >= 0.6 is 34.8 Å². The molecule has 0 amide bonds. The number of phosphoric ester groups is 1. The van der Waals surface area contributed by atoms with Crippen molar-refractivity contribution < 1.29 is 61.4 Å². The molecule has 0 bridgehead atoms. The lowest BCUT2D eigenvalue weighted by molar-refractivity contribution is -0.0715. The summed E-state index contributed by atoms with van der Waals surface area (Å²) < 4.78 is 51.5. The van der Waals surface area contributed by atoms with Crippen molar-refractivity contribution in [2.45, 2.75) is 23.9 Å². The van der Waals surface area contributed by atoms with Crippen molar-refractivity contribution in [1.82, 2.24) is 9.97 Å². The van der Waals surface area contributed by atoms with Crippen LogP contribution in [0, 0.1) is 11.3 Å². The van der Waals surface area contributed by atoms with Crippen molar-refractivity contribution in [3.63, 3.8) is 0 Å². The molecule has 0 saturated carbocycles. The molecule has 1 aliphatic rings. The molecule has 1 saturated heterocycles. The second-order valence-electron chi connectivity index (χ2n) is 6.47. The minimum atomic E-state index is -5.80. The number of fused-ring (bicyclic) bond motifs is 1. The maximum absolute atomic E-state index is 11.9. The lowest BCUT2D eigenvalue weighted by atomic mass is 9.95. The number of anilines is 1. The van der Waals surface area contributed by atoms with E-state index in [1.54, 1.807) is 0 Å². The van der Waals surface area contributed by atoms with Gasteiger partial charge in [0.2, 0.25) is 5.60 Å². The van der Waals surface area contributed by atoms with Crippen molar-refractivity contribution in [3.8, 4) is 6.07 Å². The van der Waals surface area contributed by atoms with Crippen LogP contribution in [-0.2, 0) is 31.6 Å². The number of phosphoric acid groups is 3. The van der Waals surface area contributed by atoms with Gasteiger partial charge in [-0.25, -0.2) is 23.7 Å². The highest BCUT2D eigenvalue weighted by atomic mass is 32.1. The van der Waals surface area contributed by atoms with Crippen LogP contribution in [0.3, 0.4) is 0 Å². The third-order valence-electron chi connectivity index (χ3n) is 4.21. The predicted octanol–water partition coefficient (Wildman–Crippen LogP) is -0.328. The number of nitrogens with two attached hydrogens (primary N) is 1. The highest BCUT2D eigenvalue weighted by molar-refractivity contribution is 7.66. The molecule has 3 heterocycles. The van der Waals surface area contributed by atoms with Gasteiger partial charge in [0.1, 0.15) is 43.1 Å². The number of aromatic nitrogens is 2. The molecule has 2 unspecified atom stereocenters. The number of aliphatic hydroxyl groups is 2. The van der Waals surface area contributed by atoms with Gasteiger partial charge in [0.15, 0.2) is 0 Å². The molecule has 21 heteroatoms. The molecule has 8 N–H and O–H groups in total. The largest absolute Gasteiger partial charge is 0.490 e. The number of aliphatic hydroxyl groups excluding tert-OH is 2. The Labute approximate surface area is 187 Å². The number of nitriles is 1. The molecular formula is C12H15N4O13P3S. The standard InChI is InChI=1S/C12H15N4O13P3S/c13-2-12(3-26-31(22,23)29-32(24,25)28-30(19,20)21)10(18)7(17)8(27-12)5-1-33-9-6(5)15-4-16-11(9)14/h1,4,7-8,10,17-18H,3H2,(H,22,23)(H,24,25)(H2,14,15,16)(H2,19,20,21)/t7-,8-,10-,12+/m0/s1. The van der Waals surface area contributed by atoms with E-state index in [1.807, 2.05) is 0 Å². The molecule has 0 spiro atoms. The van der Waals surface area contributed by atoms with E-state index in [4.69, 9.17) is 20.3 Å². The highest BCUT2D eigenvalue weighted by Gasteiger charge is 2.57. The number of hydrogen-bond acceptors (Lipinski definition) is 14. The van der Waals surface area contributed by atoms with Gasteiger partial charge in [-0.15, -0.1) is 11.3 Å². The molecule has 0 radical (unpaired) electrons. The SMILES string of the molecule is N#C[C@]1(COP(=O)(O)OP(=O)(O)OP(=O)(O)O)O[C@@H](c2csc3c(N)ncnc23)[C@H](O)[C@@H]1O. The van der Waals surface area contributed by atoms with Crippen molar-refractivity contribution in [2.75, 3.05) is 12.3 Å². The van der Waals surface area contributed by atoms with Gasteiger partial charge in [-0.1, -0.05) is 0 Å². The van der Waals surface area contributed by atoms with Crippen LogP contribution in [0.5, 0.6) is 0 Å². The molecule has 0 aromatic carbocycles. The molecule has 1 fully saturated rings. The summed E-state index contributed by atoms with van der Waals surface area (Å²) >= 11 is 1.09. The third-order valence-corrected chi connectivity index (χ3v) is 9.00. The number of nitrogen functional groups attached to an aromatic ring is 1. The summed E-state index contributed by atoms with van der Waals surface area (Å²) in [6, 6.07) is 1.50. The summed E-state index contributed by atoms with van der Waals surface area (Å²) in [5.74, 6) is 0.128. The number of ether oxygens (including phenoxy) is 1. The van der Waals surface area contributed by atoms with E-state index in [9.17, 15) is 39.0 Å². The van der Waals surface area contributed by atoms with Crippen LogP contribution < -0.4 is 5.73 Å². The van der Waals surface area contributed by atoms with Crippen molar-refractivity contribution in [2.24, 2.45) is 0 Å². The van der Waals surface area contributed by atoms with Crippen LogP contribution in [-0.4, -0.2) is 64.2 Å². The molecule has 0 aliphatic carbocycles. The lowest BCUT2D eigenvalue weighted by Gasteiger charge is -2.25. The van der Waals surface area contributed by atoms with Crippen LogP contribution in [0.2, 0.25) is 0 Å². The van der Waals surface area contributed by atoms with Gasteiger partial charge >= 0.3 is 23.5 Å². The number of nitrogens with zero attached hydrogens (tertiary/aromatic N) is 3. The van der Waals surface area contributed by atoms with E-state index in [0.717, 1.165) is 17.7 Å². The Kier molecular flexibility index (Phi) is 7.16. The molecule has 1 aliphatic heterocycles. The Morgan fingerprint density at radius 3 is 2.45 bits per heavy atom. The first-order valence-corrected chi connectivity index (χ1v) is 13.7. The maximum atomic E-state index is 11.9. The van der Waals surface area contributed by atoms with Crippen LogP contribution in [0.15, 0.2) is 11.7 Å². The number of hydrogen-bond donors (Lipinski definition) is 7. The Bertz CT molecular complexity index is 1240. The summed E-state index contributed by atoms with van der Waals surface area (Å²) in [7, 11) is -17.0. The minimum absolute atomic E-state index is 0.128. The van der Waals surface area contributed by atoms with Gasteiger partial charge in [0, 0.05) is 5.56 Å². The predicted molar refractivity (Wildman–Crippen MR) is 106 cm³/mol. The smallest absolute Gasteiger partial charge is 0.387 e. The van der Waals surface area contributed by atoms with Gasteiger partial charge in [0.25, 0.3) is 0 Å². The summed E-state index contributed by atoms with van der Waals surface area (Å²) in [6.45, 7) is -1.29. The second kappa shape index (κ2) is 9.00. The Hall–Kier alpha value is -1.38. The number of rotatable bonds is 8. The molecule has 6 atom stereocenters. The Balaban J connectivity index is 1.81. The van der Waals surface area contributed by atoms with Crippen molar-refractivity contribution >= 4 is 50.8 Å². The van der Waals surface area contributed by atoms with Gasteiger partial charge in [-0.3, -0.25) is 4.52 Å². The summed E-state index contributed by atoms with van der Waals surface area (Å²) in [5, 5.41) is 31.9. The van der Waals surface area contributed by atoms with Gasteiger partial charge in [-0.2, -0.15) is 13.9 Å². The fraction of sp³-hybridized carbons (Fsp3) is 0.417. The first-order chi connectivity index (χ1) is 15.1. The van der Waals surface area contributed by atoms with Gasteiger partial charge in [0.05, 0.1) is 10.2 Å².